The molecular weight excluding hydrogens is 562 g/mol. The quantitative estimate of drug-likeness (QED) is 0.438. The van der Waals surface area contributed by atoms with Crippen molar-refractivity contribution < 1.29 is 19.5 Å². The van der Waals surface area contributed by atoms with Crippen molar-refractivity contribution in [1.82, 2.24) is 24.6 Å². The van der Waals surface area contributed by atoms with E-state index in [1.165, 1.54) is 4.90 Å². The van der Waals surface area contributed by atoms with Crippen LogP contribution in [0.3, 0.4) is 0 Å². The normalized spacial score (nSPS) is 23.5. The number of carbonyl (C=O) groups is 3. The number of piperazine rings is 1. The Balaban J connectivity index is 1.30. The Morgan fingerprint density at radius 1 is 1.10 bits per heavy atom. The standard InChI is InChI=1S/C29H32BrN5O4/c1-18(36)33-13-11-32(12-14-33)9-4-10-34-27(38)29(2)17-23-22-16-20(30)7-8-24(22)31-25(23)26(35(29)28(34)39)19-5-3-6-21(37)15-19/h3,5-8,15-16,26,31,37H,4,9-14,17H2,1-2H3. The van der Waals surface area contributed by atoms with Gasteiger partial charge in [0.2, 0.25) is 5.91 Å². The molecule has 2 fully saturated rings. The lowest BCUT2D eigenvalue weighted by molar-refractivity contribution is -0.133. The van der Waals surface area contributed by atoms with Gasteiger partial charge >= 0.3 is 6.03 Å². The third-order valence-electron chi connectivity index (χ3n) is 8.49. The summed E-state index contributed by atoms with van der Waals surface area (Å²) in [6, 6.07) is 12.1. The summed E-state index contributed by atoms with van der Waals surface area (Å²) >= 11 is 3.58. The Hall–Kier alpha value is -3.37. The van der Waals surface area contributed by atoms with Gasteiger partial charge in [-0.3, -0.25) is 24.3 Å². The topological polar surface area (TPSA) is 100 Å². The number of carbonyl (C=O) groups excluding carboxylic acids is 3. The van der Waals surface area contributed by atoms with E-state index in [0.29, 0.717) is 32.5 Å². The van der Waals surface area contributed by atoms with Crippen molar-refractivity contribution in [3.8, 4) is 5.75 Å². The summed E-state index contributed by atoms with van der Waals surface area (Å²) in [5.74, 6) is 0.0213. The summed E-state index contributed by atoms with van der Waals surface area (Å²) in [6.07, 6.45) is 1.07. The van der Waals surface area contributed by atoms with E-state index in [0.717, 1.165) is 51.8 Å². The maximum atomic E-state index is 14.0. The Kier molecular flexibility index (Phi) is 6.42. The summed E-state index contributed by atoms with van der Waals surface area (Å²) in [5.41, 5.74) is 2.53. The van der Waals surface area contributed by atoms with Crippen LogP contribution in [0.2, 0.25) is 0 Å². The van der Waals surface area contributed by atoms with Gasteiger partial charge in [-0.2, -0.15) is 0 Å². The average molecular weight is 595 g/mol. The SMILES string of the molecule is CC(=O)N1CCN(CCCN2C(=O)N3C(c4cccc(O)c4)c4[nH]c5ccc(Br)cc5c4CC3(C)C2=O)CC1. The minimum Gasteiger partial charge on any atom is -0.508 e. The zero-order valence-electron chi connectivity index (χ0n) is 22.1. The molecule has 0 radical (unpaired) electrons. The molecule has 0 saturated carbocycles. The first-order valence-corrected chi connectivity index (χ1v) is 14.2. The largest absolute Gasteiger partial charge is 0.508 e. The van der Waals surface area contributed by atoms with Crippen LogP contribution in [0.5, 0.6) is 5.75 Å². The molecule has 0 spiro atoms. The summed E-state index contributed by atoms with van der Waals surface area (Å²) in [4.78, 5) is 50.4. The number of nitrogens with zero attached hydrogens (tertiary/aromatic N) is 4. The smallest absolute Gasteiger partial charge is 0.328 e. The lowest BCUT2D eigenvalue weighted by Crippen LogP contribution is -2.53. The molecule has 4 amide bonds. The monoisotopic (exact) mass is 593 g/mol. The van der Waals surface area contributed by atoms with E-state index < -0.39 is 11.6 Å². The second-order valence-corrected chi connectivity index (χ2v) is 11.9. The summed E-state index contributed by atoms with van der Waals surface area (Å²) in [5, 5.41) is 11.3. The van der Waals surface area contributed by atoms with E-state index in [2.05, 4.69) is 25.8 Å². The Labute approximate surface area is 235 Å². The Bertz CT molecular complexity index is 1480. The molecule has 3 aliphatic rings. The van der Waals surface area contributed by atoms with Crippen LogP contribution in [0.4, 0.5) is 4.79 Å². The number of benzene rings is 2. The molecule has 10 heteroatoms. The second-order valence-electron chi connectivity index (χ2n) is 11.0. The van der Waals surface area contributed by atoms with Crippen LogP contribution in [0.1, 0.15) is 43.1 Å². The molecule has 3 aliphatic heterocycles. The predicted octanol–water partition coefficient (Wildman–Crippen LogP) is 3.86. The fourth-order valence-corrected chi connectivity index (χ4v) is 6.82. The summed E-state index contributed by atoms with van der Waals surface area (Å²) in [7, 11) is 0. The number of phenolic OH excluding ortho intramolecular Hbond substituents is 1. The van der Waals surface area contributed by atoms with Crippen molar-refractivity contribution in [3.63, 3.8) is 0 Å². The molecule has 2 N–H and O–H groups in total. The van der Waals surface area contributed by atoms with Gasteiger partial charge in [-0.05, 0) is 61.3 Å². The molecule has 9 nitrogen and oxygen atoms in total. The molecular formula is C29H32BrN5O4. The molecule has 2 aromatic carbocycles. The number of fused-ring (bicyclic) bond motifs is 4. The van der Waals surface area contributed by atoms with E-state index in [-0.39, 0.29) is 23.6 Å². The van der Waals surface area contributed by atoms with E-state index in [1.807, 2.05) is 36.1 Å². The van der Waals surface area contributed by atoms with Crippen LogP contribution in [0, 0.1) is 0 Å². The number of phenols is 1. The fraction of sp³-hybridized carbons (Fsp3) is 0.414. The maximum absolute atomic E-state index is 14.0. The number of nitrogens with one attached hydrogen (secondary N) is 1. The first-order chi connectivity index (χ1) is 18.7. The molecule has 1 aromatic heterocycles. The minimum atomic E-state index is -1.05. The van der Waals surface area contributed by atoms with Crippen molar-refractivity contribution >= 4 is 44.7 Å². The number of aromatic nitrogens is 1. The van der Waals surface area contributed by atoms with Crippen LogP contribution >= 0.6 is 15.9 Å². The molecule has 2 saturated heterocycles. The molecule has 6 rings (SSSR count). The van der Waals surface area contributed by atoms with Gasteiger partial charge in [-0.15, -0.1) is 0 Å². The molecule has 2 atom stereocenters. The van der Waals surface area contributed by atoms with Gasteiger partial charge in [0.05, 0.1) is 0 Å². The van der Waals surface area contributed by atoms with E-state index >= 15 is 0 Å². The van der Waals surface area contributed by atoms with Gasteiger partial charge in [0, 0.05) is 67.1 Å². The molecule has 2 unspecified atom stereocenters. The predicted molar refractivity (Wildman–Crippen MR) is 150 cm³/mol. The fourth-order valence-electron chi connectivity index (χ4n) is 6.46. The molecule has 4 heterocycles. The number of hydrogen-bond donors (Lipinski definition) is 2. The van der Waals surface area contributed by atoms with Gasteiger partial charge in [-0.25, -0.2) is 4.79 Å². The third-order valence-corrected chi connectivity index (χ3v) is 8.98. The lowest BCUT2D eigenvalue weighted by Gasteiger charge is -2.42. The van der Waals surface area contributed by atoms with Crippen LogP contribution in [0.15, 0.2) is 46.9 Å². The van der Waals surface area contributed by atoms with Crippen molar-refractivity contribution in [1.29, 1.82) is 0 Å². The number of hydrogen-bond acceptors (Lipinski definition) is 5. The lowest BCUT2D eigenvalue weighted by atomic mass is 9.81. The number of halogens is 1. The molecule has 204 valence electrons. The third kappa shape index (κ3) is 4.30. The molecule has 39 heavy (non-hydrogen) atoms. The number of rotatable bonds is 5. The van der Waals surface area contributed by atoms with Gasteiger partial charge in [0.1, 0.15) is 17.3 Å². The van der Waals surface area contributed by atoms with Gasteiger partial charge < -0.3 is 15.0 Å². The van der Waals surface area contributed by atoms with Gasteiger partial charge in [0.25, 0.3) is 5.91 Å². The van der Waals surface area contributed by atoms with Gasteiger partial charge in [0.15, 0.2) is 0 Å². The summed E-state index contributed by atoms with van der Waals surface area (Å²) < 4.78 is 0.942. The van der Waals surface area contributed by atoms with Crippen LogP contribution in [-0.4, -0.2) is 92.3 Å². The zero-order chi connectivity index (χ0) is 27.5. The number of aromatic hydroxyl groups is 1. The highest BCUT2D eigenvalue weighted by atomic mass is 79.9. The van der Waals surface area contributed by atoms with Crippen LogP contribution in [-0.2, 0) is 16.0 Å². The number of imide groups is 1. The summed E-state index contributed by atoms with van der Waals surface area (Å²) in [6.45, 7) is 7.55. The van der Waals surface area contributed by atoms with E-state index in [1.54, 1.807) is 30.0 Å². The van der Waals surface area contributed by atoms with Crippen LogP contribution in [0.25, 0.3) is 10.9 Å². The van der Waals surface area contributed by atoms with E-state index in [9.17, 15) is 19.5 Å². The van der Waals surface area contributed by atoms with Crippen molar-refractivity contribution in [2.75, 3.05) is 39.3 Å². The first kappa shape index (κ1) is 25.9. The number of aromatic amines is 1. The maximum Gasteiger partial charge on any atom is 0.328 e. The highest BCUT2D eigenvalue weighted by molar-refractivity contribution is 9.10. The Morgan fingerprint density at radius 3 is 2.59 bits per heavy atom. The van der Waals surface area contributed by atoms with Gasteiger partial charge in [-0.1, -0.05) is 28.1 Å². The van der Waals surface area contributed by atoms with Crippen LogP contribution < -0.4 is 0 Å². The molecule has 0 bridgehead atoms. The molecule has 0 aliphatic carbocycles. The molecule has 3 aromatic rings. The highest BCUT2D eigenvalue weighted by Crippen LogP contribution is 2.49. The minimum absolute atomic E-state index is 0.0964. The zero-order valence-corrected chi connectivity index (χ0v) is 23.7. The van der Waals surface area contributed by atoms with E-state index in [4.69, 9.17) is 0 Å². The highest BCUT2D eigenvalue weighted by Gasteiger charge is 2.60. The second kappa shape index (κ2) is 9.67. The number of H-pyrrole nitrogens is 1. The average Bonchev–Trinajstić information content (AvgIpc) is 3.34. The number of amides is 4. The van der Waals surface area contributed by atoms with Crippen molar-refractivity contribution in [2.24, 2.45) is 0 Å². The Morgan fingerprint density at radius 2 is 1.87 bits per heavy atom. The van der Waals surface area contributed by atoms with Crippen molar-refractivity contribution in [3.05, 3.63) is 63.8 Å². The number of urea groups is 1. The first-order valence-electron chi connectivity index (χ1n) is 13.4. The van der Waals surface area contributed by atoms with Crippen molar-refractivity contribution in [2.45, 2.75) is 38.3 Å².